The summed E-state index contributed by atoms with van der Waals surface area (Å²) < 4.78 is 5.20. The van der Waals surface area contributed by atoms with Crippen LogP contribution in [-0.2, 0) is 0 Å². The van der Waals surface area contributed by atoms with E-state index >= 15 is 0 Å². The van der Waals surface area contributed by atoms with Crippen LogP contribution >= 0.6 is 0 Å². The molecule has 0 amide bonds. The molecule has 1 unspecified atom stereocenters. The van der Waals surface area contributed by atoms with Gasteiger partial charge in [-0.05, 0) is 34.9 Å². The highest BCUT2D eigenvalue weighted by Crippen LogP contribution is 2.26. The van der Waals surface area contributed by atoms with E-state index in [2.05, 4.69) is 31.2 Å². The minimum Gasteiger partial charge on any atom is -0.497 e. The Balaban J connectivity index is 2.44. The van der Waals surface area contributed by atoms with Crippen LogP contribution in [0.5, 0.6) is 5.75 Å². The van der Waals surface area contributed by atoms with E-state index in [1.807, 2.05) is 12.1 Å². The number of hydrogen-bond acceptors (Lipinski definition) is 2. The van der Waals surface area contributed by atoms with Crippen molar-refractivity contribution in [3.8, 4) is 5.75 Å². The number of benzene rings is 2. The highest BCUT2D eigenvalue weighted by atomic mass is 16.5. The lowest BCUT2D eigenvalue weighted by atomic mass is 9.95. The molecule has 0 aromatic heterocycles. The van der Waals surface area contributed by atoms with Crippen molar-refractivity contribution in [3.05, 3.63) is 42.0 Å². The van der Waals surface area contributed by atoms with E-state index in [1.54, 1.807) is 7.11 Å². The Bertz CT molecular complexity index is 501. The molecule has 0 fully saturated rings. The second kappa shape index (κ2) is 5.19. The molecule has 0 aliphatic rings. The molecule has 0 saturated carbocycles. The fraction of sp³-hybridized carbons (Fsp3) is 0.333. The Morgan fingerprint density at radius 2 is 1.82 bits per heavy atom. The van der Waals surface area contributed by atoms with Crippen molar-refractivity contribution >= 4 is 10.8 Å². The van der Waals surface area contributed by atoms with Crippen LogP contribution in [0.15, 0.2) is 36.4 Å². The van der Waals surface area contributed by atoms with Crippen LogP contribution in [0.2, 0.25) is 0 Å². The number of fused-ring (bicyclic) bond motifs is 1. The lowest BCUT2D eigenvalue weighted by molar-refractivity contribution is 0.262. The number of ether oxygens (including phenoxy) is 1. The Morgan fingerprint density at radius 1 is 1.12 bits per heavy atom. The maximum atomic E-state index is 9.31. The third-order valence-corrected chi connectivity index (χ3v) is 3.26. The van der Waals surface area contributed by atoms with E-state index in [0.29, 0.717) is 0 Å². The van der Waals surface area contributed by atoms with Gasteiger partial charge in [-0.15, -0.1) is 0 Å². The molecule has 17 heavy (non-hydrogen) atoms. The molecule has 2 rings (SSSR count). The molecule has 2 aromatic carbocycles. The molecule has 1 atom stereocenters. The van der Waals surface area contributed by atoms with Gasteiger partial charge >= 0.3 is 0 Å². The first-order valence-electron chi connectivity index (χ1n) is 5.97. The van der Waals surface area contributed by atoms with Gasteiger partial charge in [0.25, 0.3) is 0 Å². The van der Waals surface area contributed by atoms with E-state index in [1.165, 1.54) is 16.3 Å². The molecule has 0 bridgehead atoms. The fourth-order valence-electron chi connectivity index (χ4n) is 2.09. The Hall–Kier alpha value is -1.54. The van der Waals surface area contributed by atoms with Gasteiger partial charge in [0.05, 0.1) is 7.11 Å². The van der Waals surface area contributed by atoms with Crippen LogP contribution in [0.4, 0.5) is 0 Å². The Kier molecular flexibility index (Phi) is 3.64. The van der Waals surface area contributed by atoms with Crippen molar-refractivity contribution in [2.45, 2.75) is 19.3 Å². The third kappa shape index (κ3) is 2.42. The largest absolute Gasteiger partial charge is 0.497 e. The minimum absolute atomic E-state index is 0.207. The normalized spacial score (nSPS) is 12.6. The van der Waals surface area contributed by atoms with E-state index in [-0.39, 0.29) is 12.5 Å². The van der Waals surface area contributed by atoms with Crippen LogP contribution < -0.4 is 4.74 Å². The van der Waals surface area contributed by atoms with E-state index < -0.39 is 0 Å². The van der Waals surface area contributed by atoms with Crippen molar-refractivity contribution in [3.63, 3.8) is 0 Å². The molecule has 1 N–H and O–H groups in total. The van der Waals surface area contributed by atoms with Gasteiger partial charge in [0.1, 0.15) is 5.75 Å². The van der Waals surface area contributed by atoms with Gasteiger partial charge in [-0.3, -0.25) is 0 Å². The molecular weight excluding hydrogens is 212 g/mol. The van der Waals surface area contributed by atoms with Crippen LogP contribution in [0.3, 0.4) is 0 Å². The van der Waals surface area contributed by atoms with E-state index in [9.17, 15) is 5.11 Å². The minimum atomic E-state index is 0.207. The standard InChI is InChI=1S/C15H18O2/c1-3-11(10-16)12-4-5-14-9-15(17-2)7-6-13(14)8-12/h4-9,11,16H,3,10H2,1-2H3. The van der Waals surface area contributed by atoms with Gasteiger partial charge in [0.2, 0.25) is 0 Å². The SMILES string of the molecule is CCC(CO)c1ccc2cc(OC)ccc2c1. The Morgan fingerprint density at radius 3 is 2.47 bits per heavy atom. The summed E-state index contributed by atoms with van der Waals surface area (Å²) in [6, 6.07) is 12.4. The fourth-order valence-corrected chi connectivity index (χ4v) is 2.09. The average molecular weight is 230 g/mol. The number of hydrogen-bond donors (Lipinski definition) is 1. The molecule has 2 heteroatoms. The quantitative estimate of drug-likeness (QED) is 0.873. The van der Waals surface area contributed by atoms with Crippen LogP contribution in [-0.4, -0.2) is 18.8 Å². The molecule has 0 saturated heterocycles. The summed E-state index contributed by atoms with van der Waals surface area (Å²) in [5.74, 6) is 1.11. The molecule has 0 heterocycles. The van der Waals surface area contributed by atoms with Gasteiger partial charge in [-0.2, -0.15) is 0 Å². The van der Waals surface area contributed by atoms with Crippen LogP contribution in [0.1, 0.15) is 24.8 Å². The van der Waals surface area contributed by atoms with Gasteiger partial charge in [-0.1, -0.05) is 31.2 Å². The number of aliphatic hydroxyl groups is 1. The molecule has 0 aliphatic heterocycles. The molecule has 0 aliphatic carbocycles. The first-order valence-corrected chi connectivity index (χ1v) is 5.97. The maximum Gasteiger partial charge on any atom is 0.119 e. The van der Waals surface area contributed by atoms with Crippen molar-refractivity contribution in [2.24, 2.45) is 0 Å². The summed E-state index contributed by atoms with van der Waals surface area (Å²) in [6.07, 6.45) is 0.957. The first-order chi connectivity index (χ1) is 8.28. The monoisotopic (exact) mass is 230 g/mol. The molecule has 2 nitrogen and oxygen atoms in total. The zero-order valence-corrected chi connectivity index (χ0v) is 10.3. The molecule has 2 aromatic rings. The molecular formula is C15H18O2. The topological polar surface area (TPSA) is 29.5 Å². The summed E-state index contributed by atoms with van der Waals surface area (Å²) in [5, 5.41) is 11.7. The number of methoxy groups -OCH3 is 1. The third-order valence-electron chi connectivity index (χ3n) is 3.26. The van der Waals surface area contributed by atoms with Crippen LogP contribution in [0, 0.1) is 0 Å². The smallest absolute Gasteiger partial charge is 0.119 e. The predicted octanol–water partition coefficient (Wildman–Crippen LogP) is 3.33. The van der Waals surface area contributed by atoms with Crippen molar-refractivity contribution in [2.75, 3.05) is 13.7 Å². The van der Waals surface area contributed by atoms with Gasteiger partial charge in [-0.25, -0.2) is 0 Å². The van der Waals surface area contributed by atoms with Crippen molar-refractivity contribution in [1.29, 1.82) is 0 Å². The highest BCUT2D eigenvalue weighted by molar-refractivity contribution is 5.84. The Labute approximate surface area is 102 Å². The summed E-state index contributed by atoms with van der Waals surface area (Å²) in [5.41, 5.74) is 1.20. The van der Waals surface area contributed by atoms with Gasteiger partial charge in [0.15, 0.2) is 0 Å². The summed E-state index contributed by atoms with van der Waals surface area (Å²) in [4.78, 5) is 0. The molecule has 0 radical (unpaired) electrons. The van der Waals surface area contributed by atoms with E-state index in [4.69, 9.17) is 4.74 Å². The lowest BCUT2D eigenvalue weighted by Crippen LogP contribution is -2.02. The van der Waals surface area contributed by atoms with Crippen molar-refractivity contribution in [1.82, 2.24) is 0 Å². The van der Waals surface area contributed by atoms with Gasteiger partial charge in [0, 0.05) is 12.5 Å². The zero-order valence-electron chi connectivity index (χ0n) is 10.3. The lowest BCUT2D eigenvalue weighted by Gasteiger charge is -2.13. The second-order valence-corrected chi connectivity index (χ2v) is 4.26. The molecule has 90 valence electrons. The summed E-state index contributed by atoms with van der Waals surface area (Å²) in [7, 11) is 1.68. The summed E-state index contributed by atoms with van der Waals surface area (Å²) >= 11 is 0. The number of aliphatic hydroxyl groups excluding tert-OH is 1. The maximum absolute atomic E-state index is 9.31. The van der Waals surface area contributed by atoms with E-state index in [0.717, 1.165) is 12.2 Å². The summed E-state index contributed by atoms with van der Waals surface area (Å²) in [6.45, 7) is 2.30. The van der Waals surface area contributed by atoms with Crippen molar-refractivity contribution < 1.29 is 9.84 Å². The highest BCUT2D eigenvalue weighted by Gasteiger charge is 2.08. The first kappa shape index (κ1) is 11.9. The second-order valence-electron chi connectivity index (χ2n) is 4.26. The van der Waals surface area contributed by atoms with Crippen LogP contribution in [0.25, 0.3) is 10.8 Å². The predicted molar refractivity (Wildman–Crippen MR) is 70.6 cm³/mol. The average Bonchev–Trinajstić information content (AvgIpc) is 2.39. The van der Waals surface area contributed by atoms with Gasteiger partial charge < -0.3 is 9.84 Å². The zero-order chi connectivity index (χ0) is 12.3. The number of rotatable bonds is 4. The molecule has 0 spiro atoms.